The van der Waals surface area contributed by atoms with E-state index in [1.165, 1.54) is 30.6 Å². The predicted molar refractivity (Wildman–Crippen MR) is 156 cm³/mol. The molecule has 0 spiro atoms. The van der Waals surface area contributed by atoms with Crippen LogP contribution < -0.4 is 10.2 Å². The minimum Gasteiger partial charge on any atom is -0.432 e. The number of amides is 1. The van der Waals surface area contributed by atoms with E-state index < -0.39 is 23.4 Å². The van der Waals surface area contributed by atoms with Gasteiger partial charge in [-0.1, -0.05) is 35.5 Å². The molecule has 12 heteroatoms. The maximum absolute atomic E-state index is 13.8. The smallest absolute Gasteiger partial charge is 0.432 e. The van der Waals surface area contributed by atoms with Gasteiger partial charge in [-0.05, 0) is 58.3 Å². The van der Waals surface area contributed by atoms with Crippen molar-refractivity contribution in [3.05, 3.63) is 91.9 Å². The van der Waals surface area contributed by atoms with Crippen LogP contribution in [0, 0.1) is 5.82 Å². The van der Waals surface area contributed by atoms with Crippen molar-refractivity contribution in [3.8, 4) is 0 Å². The summed E-state index contributed by atoms with van der Waals surface area (Å²) in [6.07, 6.45) is -0.843. The van der Waals surface area contributed by atoms with Gasteiger partial charge in [0.2, 0.25) is 0 Å². The van der Waals surface area contributed by atoms with Crippen LogP contribution in [0.25, 0.3) is 0 Å². The maximum Gasteiger partial charge on any atom is 0.513 e. The number of ether oxygens (including phenoxy) is 4. The summed E-state index contributed by atoms with van der Waals surface area (Å²) in [5, 5.41) is 7.21. The molecule has 1 unspecified atom stereocenters. The molecule has 8 nitrogen and oxygen atoms in total. The first-order valence-corrected chi connectivity index (χ1v) is 15.0. The molecule has 1 saturated heterocycles. The molecule has 0 bridgehead atoms. The van der Waals surface area contributed by atoms with Crippen molar-refractivity contribution in [2.24, 2.45) is 0 Å². The minimum absolute atomic E-state index is 0.0141. The number of nitrogens with zero attached hydrogens (tertiary/aromatic N) is 1. The Morgan fingerprint density at radius 1 is 1.15 bits per heavy atom. The molecule has 3 aromatic rings. The fourth-order valence-corrected chi connectivity index (χ4v) is 6.63. The molecule has 1 amide bonds. The molecule has 2 aliphatic rings. The van der Waals surface area contributed by atoms with Crippen LogP contribution in [0.5, 0.6) is 0 Å². The molecular weight excluding hydrogens is 591 g/mol. The van der Waals surface area contributed by atoms with Crippen molar-refractivity contribution in [2.45, 2.75) is 16.9 Å². The highest BCUT2D eigenvalue weighted by Crippen LogP contribution is 2.45. The molecule has 5 rings (SSSR count). The molecule has 2 aromatic carbocycles. The van der Waals surface area contributed by atoms with Crippen LogP contribution in [-0.2, 0) is 29.3 Å². The third kappa shape index (κ3) is 6.70. The van der Waals surface area contributed by atoms with Gasteiger partial charge in [-0.15, -0.1) is 0 Å². The minimum atomic E-state index is -1.03. The van der Waals surface area contributed by atoms with Crippen LogP contribution in [-0.4, -0.2) is 58.7 Å². The molecule has 2 aliphatic heterocycles. The number of rotatable bonds is 9. The van der Waals surface area contributed by atoms with Crippen LogP contribution >= 0.6 is 34.7 Å². The lowest BCUT2D eigenvalue weighted by molar-refractivity contribution is -0.119. The molecule has 1 N–H and O–H groups in total. The second-order valence-electron chi connectivity index (χ2n) is 9.32. The lowest BCUT2D eigenvalue weighted by Crippen LogP contribution is -2.50. The third-order valence-corrected chi connectivity index (χ3v) is 9.08. The van der Waals surface area contributed by atoms with Crippen molar-refractivity contribution in [3.63, 3.8) is 0 Å². The Morgan fingerprint density at radius 3 is 2.61 bits per heavy atom. The Kier molecular flexibility index (Phi) is 9.51. The molecule has 3 heterocycles. The first kappa shape index (κ1) is 29.4. The topological polar surface area (TPSA) is 86.3 Å². The van der Waals surface area contributed by atoms with Crippen LogP contribution in [0.4, 0.5) is 14.9 Å². The number of thiophene rings is 1. The normalized spacial score (nSPS) is 19.2. The maximum atomic E-state index is 13.8. The van der Waals surface area contributed by atoms with E-state index in [1.807, 2.05) is 41.1 Å². The average Bonchev–Trinajstić information content (AvgIpc) is 3.52. The molecule has 216 valence electrons. The molecule has 0 aliphatic carbocycles. The number of halogens is 2. The molecule has 1 atom stereocenters. The standard InChI is InChI=1S/C29H28ClFN2O6S2/c1-36-13-14-38-28(35)39-24-17-29(20-8-15-40-18-20,19-2-5-22(6-3-19)33-9-11-37-12-10-33)32-27(34)26(24)41-25-7-4-21(31)16-23(25)30/h2-8,15-16,18H,9-14,17H2,1H3,(H,32,34). The Morgan fingerprint density at radius 2 is 1.93 bits per heavy atom. The van der Waals surface area contributed by atoms with Crippen molar-refractivity contribution >= 4 is 52.4 Å². The van der Waals surface area contributed by atoms with Gasteiger partial charge in [0, 0.05) is 37.2 Å². The Balaban J connectivity index is 1.53. The van der Waals surface area contributed by atoms with Crippen molar-refractivity contribution in [1.82, 2.24) is 5.32 Å². The molecular formula is C29H28ClFN2O6S2. The summed E-state index contributed by atoms with van der Waals surface area (Å²) in [6, 6.07) is 13.8. The molecule has 41 heavy (non-hydrogen) atoms. The van der Waals surface area contributed by atoms with Crippen LogP contribution in [0.3, 0.4) is 0 Å². The zero-order valence-electron chi connectivity index (χ0n) is 22.2. The Bertz CT molecular complexity index is 1410. The Hall–Kier alpha value is -3.09. The second kappa shape index (κ2) is 13.3. The number of methoxy groups -OCH3 is 1. The third-order valence-electron chi connectivity index (χ3n) is 6.78. The lowest BCUT2D eigenvalue weighted by atomic mass is 9.79. The first-order valence-electron chi connectivity index (χ1n) is 12.9. The summed E-state index contributed by atoms with van der Waals surface area (Å²) < 4.78 is 35.0. The zero-order chi connectivity index (χ0) is 28.8. The number of carbonyl (C=O) groups excluding carboxylic acids is 2. The van der Waals surface area contributed by atoms with Crippen molar-refractivity contribution in [1.29, 1.82) is 0 Å². The van der Waals surface area contributed by atoms with E-state index in [0.29, 0.717) is 18.1 Å². The van der Waals surface area contributed by atoms with Gasteiger partial charge in [-0.3, -0.25) is 4.79 Å². The molecule has 1 fully saturated rings. The van der Waals surface area contributed by atoms with E-state index in [1.54, 1.807) is 0 Å². The van der Waals surface area contributed by atoms with Gasteiger partial charge in [0.25, 0.3) is 5.91 Å². The number of benzene rings is 2. The van der Waals surface area contributed by atoms with Gasteiger partial charge in [-0.25, -0.2) is 9.18 Å². The lowest BCUT2D eigenvalue weighted by Gasteiger charge is -2.39. The highest BCUT2D eigenvalue weighted by atomic mass is 35.5. The van der Waals surface area contributed by atoms with Crippen molar-refractivity contribution < 1.29 is 32.9 Å². The number of thioether (sulfide) groups is 1. The fourth-order valence-electron chi connectivity index (χ4n) is 4.74. The summed E-state index contributed by atoms with van der Waals surface area (Å²) in [4.78, 5) is 29.3. The highest BCUT2D eigenvalue weighted by Gasteiger charge is 2.44. The van der Waals surface area contributed by atoms with Crippen molar-refractivity contribution in [2.75, 3.05) is 51.5 Å². The summed E-state index contributed by atoms with van der Waals surface area (Å²) in [5.74, 6) is -0.855. The SMILES string of the molecule is COCCOC(=O)OC1=C(Sc2ccc(F)cc2Cl)C(=O)NC(c2ccc(N3CCOCC3)cc2)(c2ccsc2)C1. The highest BCUT2D eigenvalue weighted by molar-refractivity contribution is 8.04. The van der Waals surface area contributed by atoms with E-state index >= 15 is 0 Å². The second-order valence-corrected chi connectivity index (χ2v) is 11.6. The zero-order valence-corrected chi connectivity index (χ0v) is 24.6. The number of anilines is 1. The van der Waals surface area contributed by atoms with E-state index in [9.17, 15) is 14.0 Å². The summed E-state index contributed by atoms with van der Waals surface area (Å²) in [7, 11) is 1.49. The van der Waals surface area contributed by atoms with E-state index in [-0.39, 0.29) is 35.3 Å². The summed E-state index contributed by atoms with van der Waals surface area (Å²) in [6.45, 7) is 3.10. The first-order chi connectivity index (χ1) is 19.9. The number of nitrogens with one attached hydrogen (secondary N) is 1. The van der Waals surface area contributed by atoms with E-state index in [0.717, 1.165) is 47.7 Å². The summed E-state index contributed by atoms with van der Waals surface area (Å²) in [5.41, 5.74) is 1.68. The number of hydrogen-bond donors (Lipinski definition) is 1. The van der Waals surface area contributed by atoms with Gasteiger partial charge in [0.05, 0.1) is 30.4 Å². The monoisotopic (exact) mass is 618 g/mol. The number of carbonyl (C=O) groups is 2. The number of morpholine rings is 1. The average molecular weight is 619 g/mol. The van der Waals surface area contributed by atoms with E-state index in [4.69, 9.17) is 30.5 Å². The molecule has 0 saturated carbocycles. The Labute approximate surface area is 250 Å². The largest absolute Gasteiger partial charge is 0.513 e. The van der Waals surface area contributed by atoms with Crippen LogP contribution in [0.15, 0.2) is 74.9 Å². The predicted octanol–water partition coefficient (Wildman–Crippen LogP) is 5.94. The van der Waals surface area contributed by atoms with Gasteiger partial charge in [0.15, 0.2) is 0 Å². The quantitative estimate of drug-likeness (QED) is 0.233. The van der Waals surface area contributed by atoms with Crippen LogP contribution in [0.2, 0.25) is 5.02 Å². The van der Waals surface area contributed by atoms with Gasteiger partial charge in [0.1, 0.15) is 23.1 Å². The summed E-state index contributed by atoms with van der Waals surface area (Å²) >= 11 is 8.77. The van der Waals surface area contributed by atoms with Gasteiger partial charge < -0.3 is 29.2 Å². The van der Waals surface area contributed by atoms with Gasteiger partial charge in [-0.2, -0.15) is 11.3 Å². The van der Waals surface area contributed by atoms with Gasteiger partial charge >= 0.3 is 6.16 Å². The fraction of sp³-hybridized carbons (Fsp3) is 0.310. The number of hydrogen-bond acceptors (Lipinski definition) is 9. The van der Waals surface area contributed by atoms with Crippen LogP contribution in [0.1, 0.15) is 17.5 Å². The molecule has 0 radical (unpaired) electrons. The van der Waals surface area contributed by atoms with E-state index in [2.05, 4.69) is 10.2 Å². The molecule has 1 aromatic heterocycles.